The van der Waals surface area contributed by atoms with Crippen molar-refractivity contribution < 1.29 is 22.7 Å². The average Bonchev–Trinajstić information content (AvgIpc) is 2.73. The van der Waals surface area contributed by atoms with Gasteiger partial charge in [-0.2, -0.15) is 18.4 Å². The summed E-state index contributed by atoms with van der Waals surface area (Å²) in [5, 5.41) is 8.67. The Labute approximate surface area is 173 Å². The maximum absolute atomic E-state index is 12.6. The third-order valence-electron chi connectivity index (χ3n) is 4.98. The molecule has 3 rings (SSSR count). The lowest BCUT2D eigenvalue weighted by molar-refractivity contribution is -0.137. The van der Waals surface area contributed by atoms with Crippen LogP contribution in [-0.4, -0.2) is 48.5 Å². The highest BCUT2D eigenvalue weighted by Gasteiger charge is 2.30. The monoisotopic (exact) mass is 417 g/mol. The van der Waals surface area contributed by atoms with Gasteiger partial charge in [0.05, 0.1) is 18.1 Å². The van der Waals surface area contributed by atoms with Crippen molar-refractivity contribution in [3.63, 3.8) is 0 Å². The van der Waals surface area contributed by atoms with Gasteiger partial charge in [-0.15, -0.1) is 0 Å². The van der Waals surface area contributed by atoms with E-state index in [1.54, 1.807) is 29.2 Å². The van der Waals surface area contributed by atoms with Gasteiger partial charge in [0.2, 0.25) is 0 Å². The quantitative estimate of drug-likeness (QED) is 0.722. The van der Waals surface area contributed by atoms with Gasteiger partial charge < -0.3 is 9.64 Å². The van der Waals surface area contributed by atoms with Crippen LogP contribution in [0.3, 0.4) is 0 Å². The van der Waals surface area contributed by atoms with Gasteiger partial charge in [-0.05, 0) is 35.4 Å². The van der Waals surface area contributed by atoms with E-state index < -0.39 is 11.7 Å². The summed E-state index contributed by atoms with van der Waals surface area (Å²) in [5.74, 6) is 0.469. The lowest BCUT2D eigenvalue weighted by Crippen LogP contribution is -2.49. The molecule has 0 spiro atoms. The number of hydrogen-bond acceptors (Lipinski definition) is 4. The van der Waals surface area contributed by atoms with Crippen LogP contribution in [0.15, 0.2) is 48.5 Å². The summed E-state index contributed by atoms with van der Waals surface area (Å²) < 4.78 is 43.5. The van der Waals surface area contributed by atoms with Crippen LogP contribution >= 0.6 is 0 Å². The van der Waals surface area contributed by atoms with Gasteiger partial charge in [-0.3, -0.25) is 9.69 Å². The largest absolute Gasteiger partial charge is 0.484 e. The normalized spacial score (nSPS) is 14.9. The smallest absolute Gasteiger partial charge is 0.416 e. The van der Waals surface area contributed by atoms with E-state index in [-0.39, 0.29) is 12.5 Å². The molecule has 30 heavy (non-hydrogen) atoms. The molecule has 0 saturated carbocycles. The molecular formula is C22H22F3N3O2. The van der Waals surface area contributed by atoms with Crippen LogP contribution in [-0.2, 0) is 23.9 Å². The number of halogens is 3. The Balaban J connectivity index is 1.42. The summed E-state index contributed by atoms with van der Waals surface area (Å²) in [6, 6.07) is 14.3. The highest BCUT2D eigenvalue weighted by Crippen LogP contribution is 2.29. The van der Waals surface area contributed by atoms with Crippen LogP contribution in [0.2, 0.25) is 0 Å². The number of alkyl halides is 3. The summed E-state index contributed by atoms with van der Waals surface area (Å²) in [4.78, 5) is 16.2. The number of carbonyl (C=O) groups is 1. The second-order valence-electron chi connectivity index (χ2n) is 7.12. The highest BCUT2D eigenvalue weighted by molar-refractivity contribution is 5.77. The molecule has 2 aromatic carbocycles. The molecule has 1 saturated heterocycles. The predicted octanol–water partition coefficient (Wildman–Crippen LogP) is 3.49. The maximum Gasteiger partial charge on any atom is 0.416 e. The Hall–Kier alpha value is -3.05. The van der Waals surface area contributed by atoms with Crippen LogP contribution in [0.5, 0.6) is 5.75 Å². The van der Waals surface area contributed by atoms with E-state index in [4.69, 9.17) is 10.00 Å². The van der Waals surface area contributed by atoms with Crippen molar-refractivity contribution >= 4 is 5.91 Å². The molecule has 0 unspecified atom stereocenters. The molecule has 0 aliphatic carbocycles. The zero-order valence-electron chi connectivity index (χ0n) is 16.4. The Kier molecular flexibility index (Phi) is 6.95. The molecule has 158 valence electrons. The van der Waals surface area contributed by atoms with Crippen molar-refractivity contribution in [2.24, 2.45) is 0 Å². The van der Waals surface area contributed by atoms with E-state index in [0.717, 1.165) is 23.3 Å². The van der Waals surface area contributed by atoms with E-state index in [1.165, 1.54) is 12.1 Å². The van der Waals surface area contributed by atoms with Gasteiger partial charge in [-0.25, -0.2) is 0 Å². The minimum Gasteiger partial charge on any atom is -0.484 e. The Morgan fingerprint density at radius 3 is 2.13 bits per heavy atom. The van der Waals surface area contributed by atoms with Gasteiger partial charge in [0.15, 0.2) is 6.61 Å². The number of ether oxygens (including phenoxy) is 1. The number of nitriles is 1. The van der Waals surface area contributed by atoms with Crippen molar-refractivity contribution in [3.8, 4) is 11.8 Å². The van der Waals surface area contributed by atoms with Gasteiger partial charge >= 0.3 is 6.18 Å². The third kappa shape index (κ3) is 5.97. The maximum atomic E-state index is 12.6. The molecule has 1 amide bonds. The molecule has 1 aliphatic rings. The van der Waals surface area contributed by atoms with Crippen LogP contribution in [0.1, 0.15) is 16.7 Å². The Morgan fingerprint density at radius 2 is 1.57 bits per heavy atom. The lowest BCUT2D eigenvalue weighted by atomic mass is 10.1. The summed E-state index contributed by atoms with van der Waals surface area (Å²) in [7, 11) is 0. The van der Waals surface area contributed by atoms with E-state index in [1.807, 2.05) is 0 Å². The number of rotatable bonds is 6. The number of piperazine rings is 1. The number of amides is 1. The molecule has 0 N–H and O–H groups in total. The Bertz CT molecular complexity index is 882. The Morgan fingerprint density at radius 1 is 0.967 bits per heavy atom. The summed E-state index contributed by atoms with van der Waals surface area (Å²) in [6.45, 7) is 2.88. The summed E-state index contributed by atoms with van der Waals surface area (Å²) in [5.41, 5.74) is 1.05. The number of hydrogen-bond donors (Lipinski definition) is 0. The molecule has 1 aliphatic heterocycles. The van der Waals surface area contributed by atoms with Crippen LogP contribution in [0.25, 0.3) is 0 Å². The first-order chi connectivity index (χ1) is 14.3. The van der Waals surface area contributed by atoms with Crippen molar-refractivity contribution in [2.45, 2.75) is 19.1 Å². The van der Waals surface area contributed by atoms with Crippen molar-refractivity contribution in [2.75, 3.05) is 32.8 Å². The first-order valence-electron chi connectivity index (χ1n) is 9.60. The van der Waals surface area contributed by atoms with Crippen LogP contribution < -0.4 is 4.74 Å². The standard InChI is InChI=1S/C22H22F3N3O2/c23-22(24,25)19-5-1-18(2-6-19)15-27-11-13-28(14-12-27)21(29)16-30-20-7-3-17(4-8-20)9-10-26/h1-8H,9,11-16H2. The molecule has 1 heterocycles. The molecule has 2 aromatic rings. The van der Waals surface area contributed by atoms with Crippen molar-refractivity contribution in [1.29, 1.82) is 5.26 Å². The second kappa shape index (κ2) is 9.63. The molecule has 5 nitrogen and oxygen atoms in total. The number of carbonyl (C=O) groups excluding carboxylic acids is 1. The van der Waals surface area contributed by atoms with E-state index >= 15 is 0 Å². The van der Waals surface area contributed by atoms with Gasteiger partial charge in [0, 0.05) is 32.7 Å². The number of benzene rings is 2. The van der Waals surface area contributed by atoms with Gasteiger partial charge in [0.1, 0.15) is 5.75 Å². The fourth-order valence-electron chi connectivity index (χ4n) is 3.24. The minimum atomic E-state index is -4.33. The lowest BCUT2D eigenvalue weighted by Gasteiger charge is -2.34. The zero-order valence-corrected chi connectivity index (χ0v) is 16.4. The molecule has 0 bridgehead atoms. The van der Waals surface area contributed by atoms with Crippen LogP contribution in [0.4, 0.5) is 13.2 Å². The van der Waals surface area contributed by atoms with Crippen LogP contribution in [0, 0.1) is 11.3 Å². The molecule has 0 radical (unpaired) electrons. The SMILES string of the molecule is N#CCc1ccc(OCC(=O)N2CCN(Cc3ccc(C(F)(F)F)cc3)CC2)cc1. The first-order valence-corrected chi connectivity index (χ1v) is 9.60. The third-order valence-corrected chi connectivity index (χ3v) is 4.98. The van der Waals surface area contributed by atoms with E-state index in [2.05, 4.69) is 11.0 Å². The average molecular weight is 417 g/mol. The number of nitrogens with zero attached hydrogens (tertiary/aromatic N) is 3. The molecule has 8 heteroatoms. The van der Waals surface area contributed by atoms with Gasteiger partial charge in [-0.1, -0.05) is 24.3 Å². The molecule has 0 aromatic heterocycles. The molecule has 1 fully saturated rings. The second-order valence-corrected chi connectivity index (χ2v) is 7.12. The van der Waals surface area contributed by atoms with E-state index in [0.29, 0.717) is 44.9 Å². The summed E-state index contributed by atoms with van der Waals surface area (Å²) >= 11 is 0. The minimum absolute atomic E-state index is 0.0590. The van der Waals surface area contributed by atoms with Crippen molar-refractivity contribution in [1.82, 2.24) is 9.80 Å². The first kappa shape index (κ1) is 21.7. The van der Waals surface area contributed by atoms with Crippen molar-refractivity contribution in [3.05, 3.63) is 65.2 Å². The highest BCUT2D eigenvalue weighted by atomic mass is 19.4. The topological polar surface area (TPSA) is 56.6 Å². The molecule has 0 atom stereocenters. The fourth-order valence-corrected chi connectivity index (χ4v) is 3.24. The molecular weight excluding hydrogens is 395 g/mol. The fraction of sp³-hybridized carbons (Fsp3) is 0.364. The summed E-state index contributed by atoms with van der Waals surface area (Å²) in [6.07, 6.45) is -4.00. The van der Waals surface area contributed by atoms with Gasteiger partial charge in [0.25, 0.3) is 5.91 Å². The predicted molar refractivity (Wildman–Crippen MR) is 105 cm³/mol. The van der Waals surface area contributed by atoms with E-state index in [9.17, 15) is 18.0 Å². The zero-order chi connectivity index (χ0) is 21.6.